The average Bonchev–Trinajstić information content (AvgIpc) is 3.64. The van der Waals surface area contributed by atoms with Gasteiger partial charge in [-0.05, 0) is 63.9 Å². The molecule has 2 aromatic rings. The van der Waals surface area contributed by atoms with Gasteiger partial charge >= 0.3 is 12.1 Å². The Balaban J connectivity index is 2.27. The van der Waals surface area contributed by atoms with Gasteiger partial charge in [-0.15, -0.1) is 11.3 Å². The highest BCUT2D eigenvalue weighted by atomic mass is 32.1. The molecule has 56 heavy (non-hydrogen) atoms. The fourth-order valence-corrected chi connectivity index (χ4v) is 7.25. The minimum Gasteiger partial charge on any atom is -0.466 e. The van der Waals surface area contributed by atoms with Crippen molar-refractivity contribution in [1.29, 1.82) is 0 Å². The fraction of sp³-hybridized carbons (Fsp3) is 0.667. The molecule has 0 saturated carbocycles. The second kappa shape index (κ2) is 22.0. The Morgan fingerprint density at radius 3 is 2.12 bits per heavy atom. The summed E-state index contributed by atoms with van der Waals surface area (Å²) in [4.78, 5) is 74.2. The molecule has 1 aromatic carbocycles. The van der Waals surface area contributed by atoms with E-state index in [2.05, 4.69) is 15.6 Å². The van der Waals surface area contributed by atoms with Crippen molar-refractivity contribution in [2.75, 3.05) is 20.7 Å². The Bertz CT molecular complexity index is 1600. The number of ether oxygens (including phenoxy) is 2. The molecule has 0 radical (unpaired) electrons. The smallest absolute Gasteiger partial charge is 0.410 e. The van der Waals surface area contributed by atoms with Crippen molar-refractivity contribution >= 4 is 41.1 Å². The van der Waals surface area contributed by atoms with Crippen LogP contribution >= 0.6 is 11.3 Å². The minimum atomic E-state index is -1.11. The van der Waals surface area contributed by atoms with Gasteiger partial charge in [-0.25, -0.2) is 9.78 Å². The summed E-state index contributed by atoms with van der Waals surface area (Å²) in [6, 6.07) is 6.77. The number of carbonyl (C=O) groups excluding carboxylic acids is 5. The summed E-state index contributed by atoms with van der Waals surface area (Å²) in [6.45, 7) is 20.1. The summed E-state index contributed by atoms with van der Waals surface area (Å²) in [5.74, 6) is -2.92. The second-order valence-corrected chi connectivity index (χ2v) is 17.2. The molecule has 314 valence electrons. The van der Waals surface area contributed by atoms with Gasteiger partial charge in [-0.2, -0.15) is 0 Å². The highest BCUT2D eigenvalue weighted by Crippen LogP contribution is 2.28. The number of likely N-dealkylation sites (N-methyl/N-ethyl adjacent to an activating group) is 2. The standard InChI is InChI=1S/C42H67N5O8S/c1-14-27(7)34(45-37(50)35(26(5)6)47(13)41(53)55-42(9,10)11)39(51)46(12)32(25(3)4)23-33(48)38-44-31(24-56-38)36(49)43-30(21-28(8)40(52)54-15-2)22-29-19-17-16-18-20-29/h16-20,24-28,30,32-35,48H,14-15,21-23H2,1-13H3,(H,43,49)(H,45,50)/t27-,28-,30+,32+,33+,34-,35-/m0/s1/i13D. The molecule has 0 aliphatic heterocycles. The number of thiazole rings is 1. The van der Waals surface area contributed by atoms with Crippen LogP contribution in [0.1, 0.15) is 124 Å². The monoisotopic (exact) mass is 802 g/mol. The van der Waals surface area contributed by atoms with Gasteiger partial charge in [-0.1, -0.05) is 85.2 Å². The van der Waals surface area contributed by atoms with Crippen molar-refractivity contribution in [3.63, 3.8) is 0 Å². The van der Waals surface area contributed by atoms with E-state index in [0.717, 1.165) is 21.8 Å². The lowest BCUT2D eigenvalue weighted by Gasteiger charge is -2.38. The van der Waals surface area contributed by atoms with Crippen LogP contribution in [0.4, 0.5) is 4.79 Å². The highest BCUT2D eigenvalue weighted by molar-refractivity contribution is 7.09. The Kier molecular flexibility index (Phi) is 18.2. The van der Waals surface area contributed by atoms with Crippen molar-refractivity contribution in [2.24, 2.45) is 23.7 Å². The van der Waals surface area contributed by atoms with Crippen molar-refractivity contribution in [1.82, 2.24) is 25.4 Å². The lowest BCUT2D eigenvalue weighted by Crippen LogP contribution is -2.59. The SMILES string of the molecule is [2H]CN(C(=O)OC(C)(C)C)[C@H](C(=O)N[C@H](C(=O)N(C)[C@H](C[C@@H](O)c1nc(C(=O)N[C@@H](Cc2ccccc2)C[C@H](C)C(=O)OCC)cs1)C(C)C)[C@@H](C)CC)C(C)C. The maximum Gasteiger partial charge on any atom is 0.410 e. The maximum atomic E-state index is 14.3. The summed E-state index contributed by atoms with van der Waals surface area (Å²) in [7, 11) is 1.13. The molecule has 0 saturated heterocycles. The van der Waals surface area contributed by atoms with Gasteiger partial charge in [0, 0.05) is 39.3 Å². The first-order valence-electron chi connectivity index (χ1n) is 20.4. The van der Waals surface area contributed by atoms with E-state index in [9.17, 15) is 29.1 Å². The van der Waals surface area contributed by atoms with E-state index in [1.807, 2.05) is 58.0 Å². The van der Waals surface area contributed by atoms with E-state index < -0.39 is 60.7 Å². The van der Waals surface area contributed by atoms with Crippen LogP contribution < -0.4 is 10.6 Å². The number of aromatic nitrogens is 1. The Labute approximate surface area is 339 Å². The summed E-state index contributed by atoms with van der Waals surface area (Å²) in [5, 5.41) is 19.3. The van der Waals surface area contributed by atoms with Gasteiger partial charge in [0.1, 0.15) is 34.5 Å². The van der Waals surface area contributed by atoms with Crippen LogP contribution in [0, 0.1) is 23.7 Å². The van der Waals surface area contributed by atoms with Gasteiger partial charge < -0.3 is 30.1 Å². The summed E-state index contributed by atoms with van der Waals surface area (Å²) in [6.07, 6.45) is -0.361. The molecular formula is C42H67N5O8S. The average molecular weight is 803 g/mol. The van der Waals surface area contributed by atoms with E-state index in [1.165, 1.54) is 0 Å². The van der Waals surface area contributed by atoms with Gasteiger partial charge in [0.2, 0.25) is 11.8 Å². The third kappa shape index (κ3) is 14.5. The Hall–Kier alpha value is -4.04. The Morgan fingerprint density at radius 1 is 0.946 bits per heavy atom. The molecule has 7 atom stereocenters. The summed E-state index contributed by atoms with van der Waals surface area (Å²) in [5.41, 5.74) is 0.297. The molecule has 0 aliphatic carbocycles. The number of nitrogens with zero attached hydrogens (tertiary/aromatic N) is 3. The number of rotatable bonds is 20. The number of nitrogens with one attached hydrogen (secondary N) is 2. The predicted molar refractivity (Wildman–Crippen MR) is 219 cm³/mol. The van der Waals surface area contributed by atoms with E-state index in [4.69, 9.17) is 10.8 Å². The zero-order chi connectivity index (χ0) is 43.2. The van der Waals surface area contributed by atoms with Gasteiger partial charge in [0.25, 0.3) is 5.91 Å². The third-order valence-corrected chi connectivity index (χ3v) is 10.7. The molecule has 14 heteroatoms. The lowest BCUT2D eigenvalue weighted by atomic mass is 9.92. The van der Waals surface area contributed by atoms with E-state index >= 15 is 0 Å². The minimum absolute atomic E-state index is 0.112. The molecule has 0 aliphatic rings. The zero-order valence-electron chi connectivity index (χ0n) is 36.5. The maximum absolute atomic E-state index is 14.3. The van der Waals surface area contributed by atoms with Gasteiger partial charge in [0.05, 0.1) is 12.5 Å². The third-order valence-electron chi connectivity index (χ3n) is 9.75. The lowest BCUT2D eigenvalue weighted by molar-refractivity contribution is -0.147. The zero-order valence-corrected chi connectivity index (χ0v) is 36.3. The first-order chi connectivity index (χ1) is 26.6. The fourth-order valence-electron chi connectivity index (χ4n) is 6.45. The number of benzene rings is 1. The van der Waals surface area contributed by atoms with Crippen LogP contribution in [0.2, 0.25) is 0 Å². The Morgan fingerprint density at radius 2 is 1.59 bits per heavy atom. The number of hydrogen-bond acceptors (Lipinski definition) is 10. The molecule has 0 unspecified atom stereocenters. The molecule has 1 heterocycles. The van der Waals surface area contributed by atoms with Crippen LogP contribution in [-0.2, 0) is 30.3 Å². The second-order valence-electron chi connectivity index (χ2n) is 16.3. The van der Waals surface area contributed by atoms with E-state index in [-0.39, 0.29) is 54.4 Å². The number of amides is 4. The van der Waals surface area contributed by atoms with Crippen LogP contribution in [0.15, 0.2) is 35.7 Å². The number of carbonyl (C=O) groups is 5. The summed E-state index contributed by atoms with van der Waals surface area (Å²) < 4.78 is 18.7. The van der Waals surface area contributed by atoms with E-state index in [0.29, 0.717) is 24.3 Å². The first kappa shape index (κ1) is 46.3. The molecule has 3 N–H and O–H groups in total. The number of aliphatic hydroxyl groups is 1. The predicted octanol–water partition coefficient (Wildman–Crippen LogP) is 6.40. The molecule has 0 fully saturated rings. The first-order valence-corrected chi connectivity index (χ1v) is 20.5. The number of esters is 1. The highest BCUT2D eigenvalue weighted by Gasteiger charge is 2.38. The largest absolute Gasteiger partial charge is 0.466 e. The van der Waals surface area contributed by atoms with Crippen molar-refractivity contribution < 1.29 is 39.9 Å². The van der Waals surface area contributed by atoms with Crippen LogP contribution in [0.3, 0.4) is 0 Å². The van der Waals surface area contributed by atoms with Gasteiger partial charge in [0.15, 0.2) is 0 Å². The molecule has 1 aromatic heterocycles. The van der Waals surface area contributed by atoms with Crippen LogP contribution in [-0.4, -0.2) is 100 Å². The van der Waals surface area contributed by atoms with Crippen LogP contribution in [0.25, 0.3) is 0 Å². The van der Waals surface area contributed by atoms with Crippen LogP contribution in [0.5, 0.6) is 0 Å². The number of aliphatic hydroxyl groups excluding tert-OH is 1. The molecule has 2 rings (SSSR count). The molecular weight excluding hydrogens is 735 g/mol. The van der Waals surface area contributed by atoms with Crippen molar-refractivity contribution in [3.05, 3.63) is 52.0 Å². The number of hydrogen-bond donors (Lipinski definition) is 3. The van der Waals surface area contributed by atoms with Gasteiger partial charge in [-0.3, -0.25) is 24.1 Å². The van der Waals surface area contributed by atoms with Crippen molar-refractivity contribution in [2.45, 2.75) is 138 Å². The molecule has 4 amide bonds. The topological polar surface area (TPSA) is 167 Å². The normalized spacial score (nSPS) is 15.7. The quantitative estimate of drug-likeness (QED) is 0.128. The summed E-state index contributed by atoms with van der Waals surface area (Å²) >= 11 is 1.14. The molecule has 0 bridgehead atoms. The molecule has 13 nitrogen and oxygen atoms in total. The van der Waals surface area contributed by atoms with E-state index in [1.54, 1.807) is 65.8 Å². The molecule has 0 spiro atoms. The van der Waals surface area contributed by atoms with Crippen molar-refractivity contribution in [3.8, 4) is 0 Å².